The third-order valence-corrected chi connectivity index (χ3v) is 7.55. The highest BCUT2D eigenvalue weighted by molar-refractivity contribution is 5.96. The van der Waals surface area contributed by atoms with E-state index in [1.165, 1.54) is 13.2 Å². The normalized spacial score (nSPS) is 15.5. The molecule has 0 spiro atoms. The summed E-state index contributed by atoms with van der Waals surface area (Å²) in [7, 11) is 3.21. The van der Waals surface area contributed by atoms with Crippen molar-refractivity contribution in [1.82, 2.24) is 24.2 Å². The number of hydrogen-bond donors (Lipinski definition) is 2. The summed E-state index contributed by atoms with van der Waals surface area (Å²) in [4.78, 5) is 26.1. The Balaban J connectivity index is 1.18. The smallest absolute Gasteiger partial charge is 0.253 e. The third kappa shape index (κ3) is 7.11. The molecule has 1 atom stereocenters. The molecule has 2 aromatic heterocycles. The van der Waals surface area contributed by atoms with Crippen LogP contribution in [0.25, 0.3) is 16.9 Å². The molecule has 11 nitrogen and oxygen atoms in total. The molecule has 1 fully saturated rings. The van der Waals surface area contributed by atoms with Crippen molar-refractivity contribution in [3.05, 3.63) is 71.9 Å². The van der Waals surface area contributed by atoms with Crippen molar-refractivity contribution in [2.24, 2.45) is 5.73 Å². The summed E-state index contributed by atoms with van der Waals surface area (Å²) in [5, 5.41) is 3.31. The lowest BCUT2D eigenvalue weighted by molar-refractivity contribution is -0.0317. The standard InChI is InChI=1S/C31H38FN7O4/c1-21-16-23(5-6-25(21)31(40)37(2)10-13-42-14-11-38-12-15-43-24(18-33)20-38)36-29-30-35-19-27(39(30)9-8-34-29)22-4-7-28(41-3)26(32)17-22/h4-9,16-17,19,24H,10-15,18,20,33H2,1-3H3,(H,34,36). The molecule has 12 heteroatoms. The lowest BCUT2D eigenvalue weighted by Gasteiger charge is -2.32. The predicted molar refractivity (Wildman–Crippen MR) is 162 cm³/mol. The number of halogens is 1. The molecule has 3 N–H and O–H groups in total. The van der Waals surface area contributed by atoms with E-state index < -0.39 is 5.82 Å². The number of imidazole rings is 1. The molecule has 1 aliphatic heterocycles. The molecule has 1 amide bonds. The van der Waals surface area contributed by atoms with E-state index in [2.05, 4.69) is 20.2 Å². The molecular weight excluding hydrogens is 553 g/mol. The summed E-state index contributed by atoms with van der Waals surface area (Å²) in [6, 6.07) is 10.3. The van der Waals surface area contributed by atoms with Crippen LogP contribution < -0.4 is 15.8 Å². The molecule has 1 aliphatic rings. The van der Waals surface area contributed by atoms with Gasteiger partial charge in [-0.05, 0) is 48.9 Å². The topological polar surface area (TPSA) is 119 Å². The molecule has 2 aromatic carbocycles. The van der Waals surface area contributed by atoms with Crippen LogP contribution in [0.2, 0.25) is 0 Å². The number of rotatable bonds is 12. The molecule has 0 saturated carbocycles. The highest BCUT2D eigenvalue weighted by Gasteiger charge is 2.19. The zero-order valence-electron chi connectivity index (χ0n) is 24.8. The number of aryl methyl sites for hydroxylation is 1. The van der Waals surface area contributed by atoms with Gasteiger partial charge in [-0.2, -0.15) is 0 Å². The average Bonchev–Trinajstić information content (AvgIpc) is 3.46. The van der Waals surface area contributed by atoms with Crippen molar-refractivity contribution in [2.75, 3.05) is 72.0 Å². The number of hydrogen-bond acceptors (Lipinski definition) is 9. The average molecular weight is 592 g/mol. The number of aromatic nitrogens is 3. The van der Waals surface area contributed by atoms with Crippen molar-refractivity contribution in [1.29, 1.82) is 0 Å². The van der Waals surface area contributed by atoms with Crippen molar-refractivity contribution < 1.29 is 23.4 Å². The van der Waals surface area contributed by atoms with Gasteiger partial charge in [0.15, 0.2) is 23.0 Å². The first-order chi connectivity index (χ1) is 20.9. The van der Waals surface area contributed by atoms with E-state index in [1.54, 1.807) is 48.7 Å². The summed E-state index contributed by atoms with van der Waals surface area (Å²) in [5.74, 6) is 0.192. The molecule has 4 aromatic rings. The maximum absolute atomic E-state index is 14.3. The van der Waals surface area contributed by atoms with E-state index in [0.717, 1.165) is 30.9 Å². The van der Waals surface area contributed by atoms with E-state index in [-0.39, 0.29) is 17.8 Å². The molecule has 3 heterocycles. The van der Waals surface area contributed by atoms with Crippen molar-refractivity contribution in [2.45, 2.75) is 13.0 Å². The van der Waals surface area contributed by atoms with E-state index >= 15 is 0 Å². The number of anilines is 2. The first-order valence-corrected chi connectivity index (χ1v) is 14.3. The Morgan fingerprint density at radius 3 is 2.86 bits per heavy atom. The van der Waals surface area contributed by atoms with Gasteiger partial charge in [0, 0.05) is 69.0 Å². The molecule has 228 valence electrons. The first kappa shape index (κ1) is 30.4. The SMILES string of the molecule is COc1ccc(-c2cnc3c(Nc4ccc(C(=O)N(C)CCOCCN5CCOC(CN)C5)c(C)c4)nccn23)cc1F. The molecule has 43 heavy (non-hydrogen) atoms. The Kier molecular flexibility index (Phi) is 9.82. The number of methoxy groups -OCH3 is 1. The van der Waals surface area contributed by atoms with Gasteiger partial charge in [-0.3, -0.25) is 14.1 Å². The largest absolute Gasteiger partial charge is 0.494 e. The van der Waals surface area contributed by atoms with Crippen molar-refractivity contribution >= 4 is 23.1 Å². The number of fused-ring (bicyclic) bond motifs is 1. The van der Waals surface area contributed by atoms with Crippen LogP contribution in [-0.4, -0.2) is 103 Å². The van der Waals surface area contributed by atoms with Gasteiger partial charge in [-0.15, -0.1) is 0 Å². The van der Waals surface area contributed by atoms with Gasteiger partial charge in [0.2, 0.25) is 0 Å². The monoisotopic (exact) mass is 591 g/mol. The lowest BCUT2D eigenvalue weighted by atomic mass is 10.1. The lowest BCUT2D eigenvalue weighted by Crippen LogP contribution is -2.46. The van der Waals surface area contributed by atoms with Crippen molar-refractivity contribution in [3.8, 4) is 17.0 Å². The third-order valence-electron chi connectivity index (χ3n) is 7.55. The van der Waals surface area contributed by atoms with Gasteiger partial charge < -0.3 is 30.2 Å². The predicted octanol–water partition coefficient (Wildman–Crippen LogP) is 3.34. The summed E-state index contributed by atoms with van der Waals surface area (Å²) < 4.78 is 32.6. The Morgan fingerprint density at radius 2 is 2.09 bits per heavy atom. The van der Waals surface area contributed by atoms with Gasteiger partial charge >= 0.3 is 0 Å². The molecule has 0 radical (unpaired) electrons. The van der Waals surface area contributed by atoms with Gasteiger partial charge in [0.1, 0.15) is 0 Å². The number of carbonyl (C=O) groups excluding carboxylic acids is 1. The van der Waals surface area contributed by atoms with Gasteiger partial charge in [0.25, 0.3) is 5.91 Å². The fourth-order valence-electron chi connectivity index (χ4n) is 5.10. The molecule has 1 unspecified atom stereocenters. The van der Waals surface area contributed by atoms with E-state index in [4.69, 9.17) is 19.9 Å². The number of morpholine rings is 1. The summed E-state index contributed by atoms with van der Waals surface area (Å²) in [6.07, 6.45) is 5.19. The zero-order valence-corrected chi connectivity index (χ0v) is 24.8. The second-order valence-corrected chi connectivity index (χ2v) is 10.5. The van der Waals surface area contributed by atoms with Gasteiger partial charge in [-0.25, -0.2) is 14.4 Å². The van der Waals surface area contributed by atoms with Crippen LogP contribution >= 0.6 is 0 Å². The van der Waals surface area contributed by atoms with Crippen LogP contribution in [0.5, 0.6) is 5.75 Å². The maximum atomic E-state index is 14.3. The number of benzene rings is 2. The van der Waals surface area contributed by atoms with Crippen LogP contribution in [0.4, 0.5) is 15.9 Å². The van der Waals surface area contributed by atoms with Crippen LogP contribution in [0.3, 0.4) is 0 Å². The zero-order chi connectivity index (χ0) is 30.3. The maximum Gasteiger partial charge on any atom is 0.253 e. The second kappa shape index (κ2) is 13.9. The van der Waals surface area contributed by atoms with Gasteiger partial charge in [-0.1, -0.05) is 0 Å². The van der Waals surface area contributed by atoms with Crippen LogP contribution in [0.15, 0.2) is 55.0 Å². The van der Waals surface area contributed by atoms with Crippen LogP contribution in [-0.2, 0) is 9.47 Å². The first-order valence-electron chi connectivity index (χ1n) is 14.3. The fraction of sp³-hybridized carbons (Fsp3) is 0.387. The quantitative estimate of drug-likeness (QED) is 0.239. The number of ether oxygens (including phenoxy) is 3. The minimum atomic E-state index is -0.448. The molecule has 0 aliphatic carbocycles. The minimum Gasteiger partial charge on any atom is -0.494 e. The van der Waals surface area contributed by atoms with E-state index in [9.17, 15) is 9.18 Å². The Hall–Kier alpha value is -4.10. The van der Waals surface area contributed by atoms with Crippen molar-refractivity contribution in [3.63, 3.8) is 0 Å². The Labute approximate surface area is 250 Å². The number of carbonyl (C=O) groups is 1. The number of nitrogens with zero attached hydrogens (tertiary/aromatic N) is 5. The number of amides is 1. The molecular formula is C31H38FN7O4. The van der Waals surface area contributed by atoms with Gasteiger partial charge in [0.05, 0.1) is 44.9 Å². The Morgan fingerprint density at radius 1 is 1.23 bits per heavy atom. The minimum absolute atomic E-state index is 0.0727. The summed E-state index contributed by atoms with van der Waals surface area (Å²) in [5.41, 5.74) is 9.88. The summed E-state index contributed by atoms with van der Waals surface area (Å²) >= 11 is 0. The number of likely N-dealkylation sites (N-methyl/N-ethyl adjacent to an activating group) is 1. The second-order valence-electron chi connectivity index (χ2n) is 10.5. The molecule has 0 bridgehead atoms. The molecule has 1 saturated heterocycles. The highest BCUT2D eigenvalue weighted by atomic mass is 19.1. The number of nitrogens with one attached hydrogen (secondary N) is 1. The van der Waals surface area contributed by atoms with Crippen LogP contribution in [0.1, 0.15) is 15.9 Å². The fourth-order valence-corrected chi connectivity index (χ4v) is 5.10. The number of nitrogens with two attached hydrogens (primary N) is 1. The Bertz CT molecular complexity index is 1560. The van der Waals surface area contributed by atoms with E-state index in [0.29, 0.717) is 61.2 Å². The van der Waals surface area contributed by atoms with E-state index in [1.807, 2.05) is 23.5 Å². The summed E-state index contributed by atoms with van der Waals surface area (Å²) in [6.45, 7) is 7.16. The highest BCUT2D eigenvalue weighted by Crippen LogP contribution is 2.29. The molecule has 5 rings (SSSR count). The van der Waals surface area contributed by atoms with Crippen LogP contribution in [0, 0.1) is 12.7 Å².